The topological polar surface area (TPSA) is 64.1 Å². The number of morpholine rings is 2. The second-order valence-electron chi connectivity index (χ2n) is 7.63. The molecule has 3 heterocycles. The van der Waals surface area contributed by atoms with Crippen LogP contribution in [0.4, 0.5) is 5.82 Å². The Labute approximate surface area is 177 Å². The molecule has 0 N–H and O–H groups in total. The predicted octanol–water partition coefficient (Wildman–Crippen LogP) is 2.30. The maximum atomic E-state index is 12.8. The first-order valence-electron chi connectivity index (χ1n) is 10.5. The number of carbonyl (C=O) groups excluding carboxylic acids is 1. The van der Waals surface area contributed by atoms with Gasteiger partial charge in [0, 0.05) is 31.7 Å². The third kappa shape index (κ3) is 4.57. The zero-order chi connectivity index (χ0) is 20.9. The lowest BCUT2D eigenvalue weighted by molar-refractivity contribution is -0.134. The molecule has 2 saturated heterocycles. The molecule has 160 valence electrons. The first-order valence-corrected chi connectivity index (χ1v) is 10.5. The maximum absolute atomic E-state index is 12.8. The van der Waals surface area contributed by atoms with Crippen LogP contribution in [-0.4, -0.2) is 75.5 Å². The molecule has 1 amide bonds. The largest absolute Gasteiger partial charge is 0.497 e. The number of ether oxygens (including phenoxy) is 3. The number of amides is 1. The van der Waals surface area contributed by atoms with E-state index in [1.807, 2.05) is 23.1 Å². The normalized spacial score (nSPS) is 17.1. The number of hydrogen-bond acceptors (Lipinski definition) is 6. The quantitative estimate of drug-likeness (QED) is 0.752. The van der Waals surface area contributed by atoms with E-state index in [2.05, 4.69) is 24.0 Å². The smallest absolute Gasteiger partial charge is 0.228 e. The fourth-order valence-electron chi connectivity index (χ4n) is 4.01. The van der Waals surface area contributed by atoms with Crippen LogP contribution in [-0.2, 0) is 20.7 Å². The van der Waals surface area contributed by atoms with Crippen molar-refractivity contribution in [1.29, 1.82) is 0 Å². The zero-order valence-corrected chi connectivity index (χ0v) is 17.7. The minimum absolute atomic E-state index is 0.107. The SMILES string of the molecule is COc1ccc(-c2c(C)cc(CC(=O)N3CCOCC3)nc2N2CCOCC2)cc1. The summed E-state index contributed by atoms with van der Waals surface area (Å²) in [5, 5.41) is 0. The van der Waals surface area contributed by atoms with Crippen molar-refractivity contribution in [2.45, 2.75) is 13.3 Å². The maximum Gasteiger partial charge on any atom is 0.228 e. The molecule has 2 fully saturated rings. The lowest BCUT2D eigenvalue weighted by Crippen LogP contribution is -2.41. The number of aryl methyl sites for hydroxylation is 1. The van der Waals surface area contributed by atoms with Gasteiger partial charge in [-0.3, -0.25) is 4.79 Å². The van der Waals surface area contributed by atoms with Crippen LogP contribution in [0.25, 0.3) is 11.1 Å². The first-order chi connectivity index (χ1) is 14.7. The minimum atomic E-state index is 0.107. The van der Waals surface area contributed by atoms with Crippen molar-refractivity contribution in [2.24, 2.45) is 0 Å². The molecule has 0 bridgehead atoms. The molecule has 1 aromatic heterocycles. The third-order valence-corrected chi connectivity index (χ3v) is 5.64. The van der Waals surface area contributed by atoms with Crippen LogP contribution in [0, 0.1) is 6.92 Å². The van der Waals surface area contributed by atoms with Gasteiger partial charge in [-0.2, -0.15) is 0 Å². The number of nitrogens with zero attached hydrogens (tertiary/aromatic N) is 3. The molecule has 0 spiro atoms. The highest BCUT2D eigenvalue weighted by Gasteiger charge is 2.23. The molecule has 0 saturated carbocycles. The lowest BCUT2D eigenvalue weighted by atomic mass is 9.99. The van der Waals surface area contributed by atoms with E-state index in [0.717, 1.165) is 47.0 Å². The van der Waals surface area contributed by atoms with Crippen molar-refractivity contribution < 1.29 is 19.0 Å². The molecule has 30 heavy (non-hydrogen) atoms. The van der Waals surface area contributed by atoms with Gasteiger partial charge in [0.05, 0.1) is 45.7 Å². The number of anilines is 1. The summed E-state index contributed by atoms with van der Waals surface area (Å²) in [5.41, 5.74) is 4.11. The van der Waals surface area contributed by atoms with E-state index in [1.165, 1.54) is 0 Å². The first kappa shape index (κ1) is 20.6. The molecule has 0 aliphatic carbocycles. The van der Waals surface area contributed by atoms with Crippen LogP contribution in [0.3, 0.4) is 0 Å². The van der Waals surface area contributed by atoms with Crippen molar-refractivity contribution in [1.82, 2.24) is 9.88 Å². The van der Waals surface area contributed by atoms with Gasteiger partial charge >= 0.3 is 0 Å². The van der Waals surface area contributed by atoms with Crippen LogP contribution >= 0.6 is 0 Å². The number of benzene rings is 1. The van der Waals surface area contributed by atoms with E-state index in [0.29, 0.717) is 45.9 Å². The summed E-state index contributed by atoms with van der Waals surface area (Å²) in [4.78, 5) is 21.9. The number of rotatable bonds is 5. The van der Waals surface area contributed by atoms with E-state index in [-0.39, 0.29) is 5.91 Å². The molecule has 4 rings (SSSR count). The fraction of sp³-hybridized carbons (Fsp3) is 0.478. The van der Waals surface area contributed by atoms with Gasteiger partial charge in [0.15, 0.2) is 0 Å². The van der Waals surface area contributed by atoms with Crippen LogP contribution < -0.4 is 9.64 Å². The number of hydrogen-bond donors (Lipinski definition) is 0. The highest BCUT2D eigenvalue weighted by molar-refractivity contribution is 5.82. The molecule has 7 nitrogen and oxygen atoms in total. The predicted molar refractivity (Wildman–Crippen MR) is 115 cm³/mol. The molecule has 7 heteroatoms. The molecular weight excluding hydrogens is 382 g/mol. The van der Waals surface area contributed by atoms with Crippen molar-refractivity contribution >= 4 is 11.7 Å². The van der Waals surface area contributed by atoms with Gasteiger partial charge in [0.2, 0.25) is 5.91 Å². The van der Waals surface area contributed by atoms with E-state index >= 15 is 0 Å². The Balaban J connectivity index is 1.67. The Hall–Kier alpha value is -2.64. The van der Waals surface area contributed by atoms with E-state index in [1.54, 1.807) is 7.11 Å². The van der Waals surface area contributed by atoms with Gasteiger partial charge in [-0.1, -0.05) is 12.1 Å². The number of pyridine rings is 1. The molecule has 0 radical (unpaired) electrons. The second kappa shape index (κ2) is 9.45. The minimum Gasteiger partial charge on any atom is -0.497 e. The van der Waals surface area contributed by atoms with E-state index in [9.17, 15) is 4.79 Å². The van der Waals surface area contributed by atoms with Gasteiger partial charge in [-0.15, -0.1) is 0 Å². The monoisotopic (exact) mass is 411 g/mol. The summed E-state index contributed by atoms with van der Waals surface area (Å²) >= 11 is 0. The molecule has 1 aromatic carbocycles. The van der Waals surface area contributed by atoms with Crippen molar-refractivity contribution in [2.75, 3.05) is 64.6 Å². The van der Waals surface area contributed by atoms with E-state index in [4.69, 9.17) is 19.2 Å². The Morgan fingerprint density at radius 1 is 1.03 bits per heavy atom. The summed E-state index contributed by atoms with van der Waals surface area (Å²) in [5.74, 6) is 1.86. The summed E-state index contributed by atoms with van der Waals surface area (Å²) in [7, 11) is 1.67. The Morgan fingerprint density at radius 3 is 2.30 bits per heavy atom. The second-order valence-corrected chi connectivity index (χ2v) is 7.63. The van der Waals surface area contributed by atoms with Crippen LogP contribution in [0.5, 0.6) is 5.75 Å². The van der Waals surface area contributed by atoms with Gasteiger partial charge in [0.1, 0.15) is 11.6 Å². The molecular formula is C23H29N3O4. The van der Waals surface area contributed by atoms with Gasteiger partial charge in [-0.25, -0.2) is 4.98 Å². The number of carbonyl (C=O) groups is 1. The Kier molecular flexibility index (Phi) is 6.50. The van der Waals surface area contributed by atoms with Crippen molar-refractivity contribution in [3.63, 3.8) is 0 Å². The highest BCUT2D eigenvalue weighted by Crippen LogP contribution is 2.34. The Morgan fingerprint density at radius 2 is 1.67 bits per heavy atom. The van der Waals surface area contributed by atoms with Crippen LogP contribution in [0.2, 0.25) is 0 Å². The fourth-order valence-corrected chi connectivity index (χ4v) is 4.01. The van der Waals surface area contributed by atoms with Gasteiger partial charge in [0.25, 0.3) is 0 Å². The summed E-state index contributed by atoms with van der Waals surface area (Å²) in [6.07, 6.45) is 0.307. The lowest BCUT2D eigenvalue weighted by Gasteiger charge is -2.31. The highest BCUT2D eigenvalue weighted by atomic mass is 16.5. The van der Waals surface area contributed by atoms with Gasteiger partial charge < -0.3 is 24.0 Å². The zero-order valence-electron chi connectivity index (χ0n) is 17.7. The Bertz CT molecular complexity index is 873. The van der Waals surface area contributed by atoms with Crippen molar-refractivity contribution in [3.05, 3.63) is 41.6 Å². The molecule has 2 aliphatic heterocycles. The van der Waals surface area contributed by atoms with Crippen molar-refractivity contribution in [3.8, 4) is 16.9 Å². The number of aromatic nitrogens is 1. The summed E-state index contributed by atoms with van der Waals surface area (Å²) in [6.45, 7) is 7.54. The van der Waals surface area contributed by atoms with Crippen LogP contribution in [0.1, 0.15) is 11.3 Å². The average molecular weight is 412 g/mol. The standard InChI is InChI=1S/C23H29N3O4/c1-17-15-19(16-21(27)25-7-11-29-12-8-25)24-23(26-9-13-30-14-10-26)22(17)18-3-5-20(28-2)6-4-18/h3-6,15H,7-14,16H2,1-2H3. The van der Waals surface area contributed by atoms with Crippen LogP contribution in [0.15, 0.2) is 30.3 Å². The molecule has 2 aromatic rings. The molecule has 2 aliphatic rings. The molecule has 0 atom stereocenters. The van der Waals surface area contributed by atoms with Gasteiger partial charge in [-0.05, 0) is 36.2 Å². The van der Waals surface area contributed by atoms with E-state index < -0.39 is 0 Å². The summed E-state index contributed by atoms with van der Waals surface area (Å²) in [6, 6.07) is 10.1. The molecule has 0 unspecified atom stereocenters. The number of methoxy groups -OCH3 is 1. The average Bonchev–Trinajstić information content (AvgIpc) is 2.80. The summed E-state index contributed by atoms with van der Waals surface area (Å²) < 4.78 is 16.2. The third-order valence-electron chi connectivity index (χ3n) is 5.64.